The lowest BCUT2D eigenvalue weighted by Crippen LogP contribution is -2.53. The Morgan fingerprint density at radius 2 is 2.20 bits per heavy atom. The molecule has 4 heteroatoms. The Balaban J connectivity index is 2.21. The van der Waals surface area contributed by atoms with Gasteiger partial charge in [0.15, 0.2) is 0 Å². The van der Waals surface area contributed by atoms with Gasteiger partial charge in [0.05, 0.1) is 7.11 Å². The number of hydrogen-bond donors (Lipinski definition) is 1. The molecule has 1 heterocycles. The van der Waals surface area contributed by atoms with Crippen molar-refractivity contribution < 1.29 is 4.74 Å². The van der Waals surface area contributed by atoms with Gasteiger partial charge in [-0.1, -0.05) is 19.1 Å². The second-order valence-corrected chi connectivity index (χ2v) is 5.59. The Hall–Kier alpha value is -1.10. The highest BCUT2D eigenvalue weighted by atomic mass is 16.5. The minimum atomic E-state index is 0.281. The van der Waals surface area contributed by atoms with E-state index in [1.165, 1.54) is 5.56 Å². The van der Waals surface area contributed by atoms with Crippen molar-refractivity contribution in [2.24, 2.45) is 5.73 Å². The summed E-state index contributed by atoms with van der Waals surface area (Å²) in [6.07, 6.45) is 1.16. The van der Waals surface area contributed by atoms with E-state index in [9.17, 15) is 0 Å². The quantitative estimate of drug-likeness (QED) is 0.890. The average molecular weight is 277 g/mol. The molecular formula is C16H27N3O. The highest BCUT2D eigenvalue weighted by Gasteiger charge is 2.30. The number of benzene rings is 1. The van der Waals surface area contributed by atoms with Crippen LogP contribution in [0.25, 0.3) is 0 Å². The van der Waals surface area contributed by atoms with Crippen LogP contribution in [0.4, 0.5) is 0 Å². The monoisotopic (exact) mass is 277 g/mol. The van der Waals surface area contributed by atoms with Crippen LogP contribution in [-0.2, 0) is 0 Å². The molecule has 2 N–H and O–H groups in total. The maximum Gasteiger partial charge on any atom is 0.119 e. The third-order valence-corrected chi connectivity index (χ3v) is 4.30. The van der Waals surface area contributed by atoms with Crippen molar-refractivity contribution in [3.05, 3.63) is 29.8 Å². The standard InChI is InChI=1S/C16H27N3O/c1-4-14-12-18(2)8-9-19(14)16(11-17)13-6-5-7-15(10-13)20-3/h5-7,10,14,16H,4,8-9,11-12,17H2,1-3H3. The molecule has 2 rings (SSSR count). The lowest BCUT2D eigenvalue weighted by Gasteiger charge is -2.44. The number of nitrogens with two attached hydrogens (primary N) is 1. The van der Waals surface area contributed by atoms with Gasteiger partial charge in [0.25, 0.3) is 0 Å². The van der Waals surface area contributed by atoms with Crippen LogP contribution in [0.2, 0.25) is 0 Å². The summed E-state index contributed by atoms with van der Waals surface area (Å²) in [5.74, 6) is 0.906. The van der Waals surface area contributed by atoms with E-state index in [4.69, 9.17) is 10.5 Å². The fourth-order valence-electron chi connectivity index (χ4n) is 3.11. The first kappa shape index (κ1) is 15.3. The van der Waals surface area contributed by atoms with Gasteiger partial charge in [0.1, 0.15) is 5.75 Å². The van der Waals surface area contributed by atoms with Crippen LogP contribution in [0, 0.1) is 0 Å². The van der Waals surface area contributed by atoms with Gasteiger partial charge in [0.2, 0.25) is 0 Å². The fraction of sp³-hybridized carbons (Fsp3) is 0.625. The third-order valence-electron chi connectivity index (χ3n) is 4.30. The molecule has 0 bridgehead atoms. The van der Waals surface area contributed by atoms with Crippen molar-refractivity contribution >= 4 is 0 Å². The summed E-state index contributed by atoms with van der Waals surface area (Å²) < 4.78 is 5.34. The van der Waals surface area contributed by atoms with Gasteiger partial charge in [-0.15, -0.1) is 0 Å². The van der Waals surface area contributed by atoms with Crippen LogP contribution in [0.15, 0.2) is 24.3 Å². The molecule has 20 heavy (non-hydrogen) atoms. The SMILES string of the molecule is CCC1CN(C)CCN1C(CN)c1cccc(OC)c1. The Morgan fingerprint density at radius 1 is 1.40 bits per heavy atom. The maximum atomic E-state index is 6.08. The number of likely N-dealkylation sites (N-methyl/N-ethyl adjacent to an activating group) is 1. The van der Waals surface area contributed by atoms with Gasteiger partial charge in [-0.3, -0.25) is 4.90 Å². The largest absolute Gasteiger partial charge is 0.497 e. The average Bonchev–Trinajstić information content (AvgIpc) is 2.49. The summed E-state index contributed by atoms with van der Waals surface area (Å²) in [5, 5.41) is 0. The Labute approximate surface area is 122 Å². The van der Waals surface area contributed by atoms with E-state index < -0.39 is 0 Å². The molecule has 0 amide bonds. The number of hydrogen-bond acceptors (Lipinski definition) is 4. The number of nitrogens with zero attached hydrogens (tertiary/aromatic N) is 2. The molecule has 1 aliphatic rings. The van der Waals surface area contributed by atoms with Crippen LogP contribution in [0.3, 0.4) is 0 Å². The number of rotatable bonds is 5. The van der Waals surface area contributed by atoms with Gasteiger partial charge < -0.3 is 15.4 Å². The highest BCUT2D eigenvalue weighted by Crippen LogP contribution is 2.27. The second-order valence-electron chi connectivity index (χ2n) is 5.59. The molecule has 0 saturated carbocycles. The predicted molar refractivity (Wildman–Crippen MR) is 83.1 cm³/mol. The van der Waals surface area contributed by atoms with Crippen LogP contribution >= 0.6 is 0 Å². The normalized spacial score (nSPS) is 22.7. The molecule has 2 atom stereocenters. The molecule has 1 aliphatic heterocycles. The summed E-state index contributed by atoms with van der Waals surface area (Å²) >= 11 is 0. The summed E-state index contributed by atoms with van der Waals surface area (Å²) in [4.78, 5) is 4.97. The van der Waals surface area contributed by atoms with Crippen molar-refractivity contribution in [2.45, 2.75) is 25.4 Å². The minimum Gasteiger partial charge on any atom is -0.497 e. The van der Waals surface area contributed by atoms with E-state index in [1.54, 1.807) is 7.11 Å². The molecule has 1 saturated heterocycles. The molecule has 0 radical (unpaired) electrons. The van der Waals surface area contributed by atoms with Crippen LogP contribution in [0.5, 0.6) is 5.75 Å². The molecule has 1 fully saturated rings. The number of ether oxygens (including phenoxy) is 1. The summed E-state index contributed by atoms with van der Waals surface area (Å²) in [6, 6.07) is 9.16. The zero-order valence-corrected chi connectivity index (χ0v) is 12.9. The lowest BCUT2D eigenvalue weighted by molar-refractivity contribution is 0.0520. The van der Waals surface area contributed by atoms with Gasteiger partial charge >= 0.3 is 0 Å². The summed E-state index contributed by atoms with van der Waals surface area (Å²) in [5.41, 5.74) is 7.34. The van der Waals surface area contributed by atoms with Gasteiger partial charge in [0, 0.05) is 38.3 Å². The fourth-order valence-corrected chi connectivity index (χ4v) is 3.11. The van der Waals surface area contributed by atoms with E-state index in [0.717, 1.165) is 31.8 Å². The molecule has 0 spiro atoms. The highest BCUT2D eigenvalue weighted by molar-refractivity contribution is 5.31. The zero-order valence-electron chi connectivity index (χ0n) is 12.9. The van der Waals surface area contributed by atoms with Gasteiger partial charge in [-0.2, -0.15) is 0 Å². The predicted octanol–water partition coefficient (Wildman–Crippen LogP) is 1.72. The molecule has 0 aliphatic carbocycles. The third kappa shape index (κ3) is 3.32. The first-order valence-corrected chi connectivity index (χ1v) is 7.47. The molecule has 1 aromatic carbocycles. The molecule has 2 unspecified atom stereocenters. The van der Waals surface area contributed by atoms with E-state index in [-0.39, 0.29) is 6.04 Å². The Kier molecular flexibility index (Phi) is 5.40. The smallest absolute Gasteiger partial charge is 0.119 e. The first-order valence-electron chi connectivity index (χ1n) is 7.47. The minimum absolute atomic E-state index is 0.281. The van der Waals surface area contributed by atoms with Crippen molar-refractivity contribution in [1.82, 2.24) is 9.80 Å². The summed E-state index contributed by atoms with van der Waals surface area (Å²) in [7, 11) is 3.91. The number of piperazine rings is 1. The second kappa shape index (κ2) is 7.07. The van der Waals surface area contributed by atoms with Crippen LogP contribution < -0.4 is 10.5 Å². The topological polar surface area (TPSA) is 41.7 Å². The Morgan fingerprint density at radius 3 is 2.85 bits per heavy atom. The maximum absolute atomic E-state index is 6.08. The van der Waals surface area contributed by atoms with E-state index in [2.05, 4.69) is 35.9 Å². The number of methoxy groups -OCH3 is 1. The van der Waals surface area contributed by atoms with E-state index in [1.807, 2.05) is 12.1 Å². The Bertz CT molecular complexity index is 424. The van der Waals surface area contributed by atoms with E-state index in [0.29, 0.717) is 12.6 Å². The van der Waals surface area contributed by atoms with Crippen molar-refractivity contribution in [1.29, 1.82) is 0 Å². The molecule has 0 aromatic heterocycles. The zero-order chi connectivity index (χ0) is 14.5. The van der Waals surface area contributed by atoms with Gasteiger partial charge in [-0.25, -0.2) is 0 Å². The van der Waals surface area contributed by atoms with E-state index >= 15 is 0 Å². The van der Waals surface area contributed by atoms with Crippen molar-refractivity contribution in [2.75, 3.05) is 40.3 Å². The first-order chi connectivity index (χ1) is 9.69. The van der Waals surface area contributed by atoms with Crippen molar-refractivity contribution in [3.63, 3.8) is 0 Å². The van der Waals surface area contributed by atoms with Gasteiger partial charge in [-0.05, 0) is 31.2 Å². The molecular weight excluding hydrogens is 250 g/mol. The van der Waals surface area contributed by atoms with Crippen LogP contribution in [0.1, 0.15) is 24.9 Å². The van der Waals surface area contributed by atoms with Crippen molar-refractivity contribution in [3.8, 4) is 5.75 Å². The van der Waals surface area contributed by atoms with Crippen LogP contribution in [-0.4, -0.2) is 56.2 Å². The summed E-state index contributed by atoms with van der Waals surface area (Å²) in [6.45, 7) is 6.21. The molecule has 4 nitrogen and oxygen atoms in total. The lowest BCUT2D eigenvalue weighted by atomic mass is 10.00. The molecule has 1 aromatic rings. The molecule has 112 valence electrons.